The van der Waals surface area contributed by atoms with Crippen molar-refractivity contribution in [3.05, 3.63) is 24.3 Å². The van der Waals surface area contributed by atoms with Crippen molar-refractivity contribution in [1.82, 2.24) is 0 Å². The van der Waals surface area contributed by atoms with E-state index >= 15 is 0 Å². The maximum absolute atomic E-state index is 11.4. The molecule has 0 aliphatic heterocycles. The standard InChI is InChI=1S/C14H15NO7/c1-3-20-12(17)11(16)15-9-5-7-10(8-6-9)22-14(19)13(18)21-4-2/h5-8H,3-4H2,1-2H3,(H,15,16). The molecule has 1 N–H and O–H groups in total. The number of carbonyl (C=O) groups excluding carboxylic acids is 4. The second kappa shape index (κ2) is 8.40. The van der Waals surface area contributed by atoms with Crippen LogP contribution in [0.2, 0.25) is 0 Å². The lowest BCUT2D eigenvalue weighted by Gasteiger charge is -2.06. The molecule has 1 aromatic carbocycles. The van der Waals surface area contributed by atoms with Crippen LogP contribution in [0.15, 0.2) is 24.3 Å². The number of carbonyl (C=O) groups is 4. The van der Waals surface area contributed by atoms with E-state index in [-0.39, 0.29) is 19.0 Å². The van der Waals surface area contributed by atoms with Crippen LogP contribution in [-0.4, -0.2) is 37.0 Å². The van der Waals surface area contributed by atoms with Crippen molar-refractivity contribution < 1.29 is 33.4 Å². The van der Waals surface area contributed by atoms with Gasteiger partial charge in [0.2, 0.25) is 0 Å². The molecule has 0 aliphatic carbocycles. The zero-order valence-corrected chi connectivity index (χ0v) is 12.1. The van der Waals surface area contributed by atoms with Crippen LogP contribution in [0.5, 0.6) is 5.75 Å². The van der Waals surface area contributed by atoms with Crippen molar-refractivity contribution in [2.75, 3.05) is 18.5 Å². The first kappa shape index (κ1) is 17.2. The second-order valence-corrected chi connectivity index (χ2v) is 3.81. The minimum Gasteiger partial charge on any atom is -0.459 e. The normalized spacial score (nSPS) is 9.55. The second-order valence-electron chi connectivity index (χ2n) is 3.81. The zero-order chi connectivity index (χ0) is 16.5. The predicted octanol–water partition coefficient (Wildman–Crippen LogP) is 0.657. The molecule has 1 amide bonds. The molecule has 0 unspecified atom stereocenters. The van der Waals surface area contributed by atoms with E-state index < -0.39 is 23.8 Å². The number of anilines is 1. The van der Waals surface area contributed by atoms with Gasteiger partial charge in [-0.15, -0.1) is 0 Å². The maximum Gasteiger partial charge on any atom is 0.422 e. The summed E-state index contributed by atoms with van der Waals surface area (Å²) >= 11 is 0. The van der Waals surface area contributed by atoms with Gasteiger partial charge in [-0.25, -0.2) is 14.4 Å². The van der Waals surface area contributed by atoms with Gasteiger partial charge < -0.3 is 19.5 Å². The average Bonchev–Trinajstić information content (AvgIpc) is 2.49. The summed E-state index contributed by atoms with van der Waals surface area (Å²) in [7, 11) is 0. The first-order valence-electron chi connectivity index (χ1n) is 6.45. The number of esters is 3. The Morgan fingerprint density at radius 1 is 0.864 bits per heavy atom. The molecule has 0 bridgehead atoms. The molecule has 8 nitrogen and oxygen atoms in total. The van der Waals surface area contributed by atoms with Gasteiger partial charge in [-0.05, 0) is 38.1 Å². The van der Waals surface area contributed by atoms with Crippen LogP contribution in [0.3, 0.4) is 0 Å². The lowest BCUT2D eigenvalue weighted by molar-refractivity contribution is -0.161. The van der Waals surface area contributed by atoms with Gasteiger partial charge in [0, 0.05) is 5.69 Å². The van der Waals surface area contributed by atoms with Gasteiger partial charge in [-0.3, -0.25) is 4.79 Å². The highest BCUT2D eigenvalue weighted by Crippen LogP contribution is 2.16. The number of benzene rings is 1. The molecule has 1 aromatic rings. The van der Waals surface area contributed by atoms with Gasteiger partial charge in [0.25, 0.3) is 0 Å². The molecule has 0 saturated heterocycles. The van der Waals surface area contributed by atoms with E-state index in [4.69, 9.17) is 4.74 Å². The van der Waals surface area contributed by atoms with Crippen LogP contribution in [0.4, 0.5) is 5.69 Å². The van der Waals surface area contributed by atoms with E-state index in [2.05, 4.69) is 14.8 Å². The Kier molecular flexibility index (Phi) is 6.55. The van der Waals surface area contributed by atoms with Crippen LogP contribution in [0.25, 0.3) is 0 Å². The smallest absolute Gasteiger partial charge is 0.422 e. The fourth-order valence-electron chi connectivity index (χ4n) is 1.32. The molecule has 0 aromatic heterocycles. The summed E-state index contributed by atoms with van der Waals surface area (Å²) in [6.45, 7) is 3.30. The molecule has 0 fully saturated rings. The van der Waals surface area contributed by atoms with E-state index in [1.54, 1.807) is 13.8 Å². The summed E-state index contributed by atoms with van der Waals surface area (Å²) in [5.41, 5.74) is 0.300. The van der Waals surface area contributed by atoms with Crippen molar-refractivity contribution in [2.24, 2.45) is 0 Å². The van der Waals surface area contributed by atoms with Crippen molar-refractivity contribution in [1.29, 1.82) is 0 Å². The number of hydrogen-bond acceptors (Lipinski definition) is 7. The molecular formula is C14H15NO7. The first-order chi connectivity index (χ1) is 10.5. The van der Waals surface area contributed by atoms with Crippen LogP contribution in [-0.2, 0) is 28.7 Å². The molecule has 8 heteroatoms. The van der Waals surface area contributed by atoms with Crippen molar-refractivity contribution >= 4 is 29.5 Å². The monoisotopic (exact) mass is 309 g/mol. The molecule has 0 saturated carbocycles. The summed E-state index contributed by atoms with van der Waals surface area (Å²) in [4.78, 5) is 44.9. The largest absolute Gasteiger partial charge is 0.459 e. The van der Waals surface area contributed by atoms with E-state index in [1.165, 1.54) is 24.3 Å². The lowest BCUT2D eigenvalue weighted by Crippen LogP contribution is -2.25. The van der Waals surface area contributed by atoms with Crippen molar-refractivity contribution in [2.45, 2.75) is 13.8 Å². The topological polar surface area (TPSA) is 108 Å². The molecule has 0 aliphatic rings. The van der Waals surface area contributed by atoms with Crippen LogP contribution in [0.1, 0.15) is 13.8 Å². The van der Waals surface area contributed by atoms with Crippen LogP contribution < -0.4 is 10.1 Å². The third-order valence-electron chi connectivity index (χ3n) is 2.23. The highest BCUT2D eigenvalue weighted by atomic mass is 16.6. The first-order valence-corrected chi connectivity index (χ1v) is 6.45. The Morgan fingerprint density at radius 3 is 1.95 bits per heavy atom. The molecule has 0 spiro atoms. The zero-order valence-electron chi connectivity index (χ0n) is 12.1. The SMILES string of the molecule is CCOC(=O)C(=O)Nc1ccc(OC(=O)C(=O)OCC)cc1. The predicted molar refractivity (Wildman–Crippen MR) is 74.0 cm³/mol. The highest BCUT2D eigenvalue weighted by Gasteiger charge is 2.18. The summed E-state index contributed by atoms with van der Waals surface area (Å²) < 4.78 is 13.8. The third-order valence-corrected chi connectivity index (χ3v) is 2.23. The molecule has 0 radical (unpaired) electrons. The van der Waals surface area contributed by atoms with Crippen LogP contribution in [0, 0.1) is 0 Å². The fourth-order valence-corrected chi connectivity index (χ4v) is 1.32. The van der Waals surface area contributed by atoms with Gasteiger partial charge in [0.1, 0.15) is 5.75 Å². The Hall–Kier alpha value is -2.90. The minimum absolute atomic E-state index is 0.0623. The molecule has 118 valence electrons. The Labute approximate surface area is 126 Å². The highest BCUT2D eigenvalue weighted by molar-refractivity contribution is 6.37. The summed E-state index contributed by atoms with van der Waals surface area (Å²) in [6.07, 6.45) is 0. The summed E-state index contributed by atoms with van der Waals surface area (Å²) in [5, 5.41) is 2.30. The Balaban J connectivity index is 2.60. The minimum atomic E-state index is -1.15. The lowest BCUT2D eigenvalue weighted by atomic mass is 10.3. The maximum atomic E-state index is 11.4. The molecule has 0 heterocycles. The molecule has 0 atom stereocenters. The van der Waals surface area contributed by atoms with Gasteiger partial charge in [0.15, 0.2) is 0 Å². The number of hydrogen-bond donors (Lipinski definition) is 1. The van der Waals surface area contributed by atoms with Crippen molar-refractivity contribution in [3.8, 4) is 5.75 Å². The van der Waals surface area contributed by atoms with E-state index in [1.807, 2.05) is 0 Å². The number of nitrogens with one attached hydrogen (secondary N) is 1. The Morgan fingerprint density at radius 2 is 1.41 bits per heavy atom. The molecule has 1 rings (SSSR count). The van der Waals surface area contributed by atoms with Gasteiger partial charge in [-0.2, -0.15) is 0 Å². The van der Waals surface area contributed by atoms with E-state index in [0.717, 1.165) is 0 Å². The number of ether oxygens (including phenoxy) is 3. The Bertz CT molecular complexity index is 514. The third kappa shape index (κ3) is 5.23. The van der Waals surface area contributed by atoms with E-state index in [0.29, 0.717) is 5.69 Å². The quantitative estimate of drug-likeness (QED) is 0.494. The summed E-state index contributed by atoms with van der Waals surface area (Å²) in [6, 6.07) is 5.48. The average molecular weight is 309 g/mol. The van der Waals surface area contributed by atoms with Gasteiger partial charge in [0.05, 0.1) is 13.2 Å². The molecule has 22 heavy (non-hydrogen) atoms. The van der Waals surface area contributed by atoms with Crippen LogP contribution >= 0.6 is 0 Å². The van der Waals surface area contributed by atoms with Gasteiger partial charge in [-0.1, -0.05) is 0 Å². The molecular weight excluding hydrogens is 294 g/mol. The number of rotatable bonds is 4. The fraction of sp³-hybridized carbons (Fsp3) is 0.286. The number of amides is 1. The van der Waals surface area contributed by atoms with Crippen molar-refractivity contribution in [3.63, 3.8) is 0 Å². The van der Waals surface area contributed by atoms with Gasteiger partial charge >= 0.3 is 23.8 Å². The van der Waals surface area contributed by atoms with E-state index in [9.17, 15) is 19.2 Å². The summed E-state index contributed by atoms with van der Waals surface area (Å²) in [5.74, 6) is -4.07.